The molecule has 9 aromatic rings. The Labute approximate surface area is 352 Å². The lowest BCUT2D eigenvalue weighted by Crippen LogP contribution is -2.28. The molecule has 0 fully saturated rings. The third-order valence-corrected chi connectivity index (χ3v) is 12.8. The fourth-order valence-electron chi connectivity index (χ4n) is 9.96. The molecule has 60 heavy (non-hydrogen) atoms. The molecule has 1 aliphatic heterocycles. The first kappa shape index (κ1) is 35.7. The number of fused-ring (bicyclic) bond motifs is 5. The van der Waals surface area contributed by atoms with Gasteiger partial charge >= 0.3 is 0 Å². The molecule has 1 heterocycles. The first-order chi connectivity index (χ1) is 29.5. The first-order valence-electron chi connectivity index (χ1n) is 20.8. The quantitative estimate of drug-likeness (QED) is 0.160. The molecule has 0 saturated heterocycles. The Kier molecular flexibility index (Phi) is 8.42. The Hall–Kier alpha value is -7.42. The van der Waals surface area contributed by atoms with E-state index >= 15 is 0 Å². The molecule has 0 radical (unpaired) electrons. The number of hydrogen-bond acceptors (Lipinski definition) is 2. The van der Waals surface area contributed by atoms with Crippen LogP contribution in [-0.2, 0) is 10.8 Å². The molecule has 2 heteroatoms. The van der Waals surface area contributed by atoms with Crippen molar-refractivity contribution < 1.29 is 4.74 Å². The van der Waals surface area contributed by atoms with Crippen molar-refractivity contribution in [3.63, 3.8) is 0 Å². The topological polar surface area (TPSA) is 12.5 Å². The van der Waals surface area contributed by atoms with Crippen LogP contribution in [0.1, 0.15) is 47.2 Å². The van der Waals surface area contributed by atoms with E-state index in [4.69, 9.17) is 4.74 Å². The average Bonchev–Trinajstić information content (AvgIpc) is 3.61. The number of hydrogen-bond donors (Lipinski definition) is 0. The zero-order chi connectivity index (χ0) is 40.3. The normalized spacial score (nSPS) is 13.9. The van der Waals surface area contributed by atoms with Crippen LogP contribution in [0.4, 0.5) is 17.1 Å². The van der Waals surface area contributed by atoms with Crippen molar-refractivity contribution >= 4 is 17.1 Å². The van der Waals surface area contributed by atoms with Gasteiger partial charge in [-0.15, -0.1) is 0 Å². The van der Waals surface area contributed by atoms with Gasteiger partial charge in [0.25, 0.3) is 0 Å². The summed E-state index contributed by atoms with van der Waals surface area (Å²) in [6, 6.07) is 81.7. The maximum absolute atomic E-state index is 6.54. The molecule has 0 aromatic heterocycles. The summed E-state index contributed by atoms with van der Waals surface area (Å²) in [5.41, 5.74) is 17.4. The van der Waals surface area contributed by atoms with Crippen molar-refractivity contribution in [1.82, 2.24) is 0 Å². The minimum atomic E-state index is -0.459. The summed E-state index contributed by atoms with van der Waals surface area (Å²) in [6.07, 6.45) is 0. The molecule has 0 spiro atoms. The average molecular weight is 770 g/mol. The number of rotatable bonds is 7. The molecule has 9 aromatic carbocycles. The smallest absolute Gasteiger partial charge is 0.132 e. The standard InChI is InChI=1S/C58H43NO/c1-57(2)53-32-13-14-33-55(53)60-56-39-43(34-35-54(56)57)42-20-17-27-48(38-42)59(46-24-7-4-8-25-46)47-26-16-19-41(37-47)40-18-15-23-45(36-40)58(44-21-5-3-6-22-44)51-30-11-9-28-49(51)50-29-10-12-31-52(50)58/h3-39H,1-2H3. The van der Waals surface area contributed by atoms with Crippen LogP contribution in [0.2, 0.25) is 0 Å². The van der Waals surface area contributed by atoms with Crippen molar-refractivity contribution in [1.29, 1.82) is 0 Å². The molecule has 0 amide bonds. The van der Waals surface area contributed by atoms with E-state index in [1.807, 2.05) is 6.07 Å². The van der Waals surface area contributed by atoms with Crippen molar-refractivity contribution in [2.24, 2.45) is 0 Å². The van der Waals surface area contributed by atoms with Crippen molar-refractivity contribution in [2.75, 3.05) is 4.90 Å². The van der Waals surface area contributed by atoms with Crippen LogP contribution in [0, 0.1) is 0 Å². The van der Waals surface area contributed by atoms with Gasteiger partial charge in [-0.3, -0.25) is 0 Å². The molecule has 2 nitrogen and oxygen atoms in total. The molecule has 0 bridgehead atoms. The van der Waals surface area contributed by atoms with E-state index in [1.165, 1.54) is 50.1 Å². The zero-order valence-corrected chi connectivity index (χ0v) is 33.7. The van der Waals surface area contributed by atoms with Gasteiger partial charge in [-0.1, -0.05) is 184 Å². The lowest BCUT2D eigenvalue weighted by molar-refractivity contribution is 0.418. The second-order valence-corrected chi connectivity index (χ2v) is 16.5. The molecule has 0 saturated carbocycles. The maximum Gasteiger partial charge on any atom is 0.132 e. The van der Waals surface area contributed by atoms with Crippen molar-refractivity contribution in [3.8, 4) is 44.9 Å². The van der Waals surface area contributed by atoms with Crippen LogP contribution < -0.4 is 9.64 Å². The number of para-hydroxylation sites is 2. The Morgan fingerprint density at radius 1 is 0.333 bits per heavy atom. The third-order valence-electron chi connectivity index (χ3n) is 12.8. The summed E-state index contributed by atoms with van der Waals surface area (Å²) in [5, 5.41) is 0. The van der Waals surface area contributed by atoms with Gasteiger partial charge in [0.2, 0.25) is 0 Å². The summed E-state index contributed by atoms with van der Waals surface area (Å²) < 4.78 is 6.54. The third kappa shape index (κ3) is 5.63. The molecular weight excluding hydrogens is 727 g/mol. The minimum absolute atomic E-state index is 0.159. The van der Waals surface area contributed by atoms with Crippen LogP contribution in [0.15, 0.2) is 224 Å². The van der Waals surface area contributed by atoms with Gasteiger partial charge in [-0.2, -0.15) is 0 Å². The van der Waals surface area contributed by atoms with Gasteiger partial charge in [0, 0.05) is 33.6 Å². The highest BCUT2D eigenvalue weighted by molar-refractivity contribution is 5.87. The molecule has 1 aliphatic carbocycles. The van der Waals surface area contributed by atoms with Gasteiger partial charge in [0.15, 0.2) is 0 Å². The Balaban J connectivity index is 1.01. The monoisotopic (exact) mass is 769 g/mol. The highest BCUT2D eigenvalue weighted by atomic mass is 16.5. The fraction of sp³-hybridized carbons (Fsp3) is 0.0690. The molecule has 0 N–H and O–H groups in total. The van der Waals surface area contributed by atoms with E-state index in [2.05, 4.69) is 237 Å². The van der Waals surface area contributed by atoms with Crippen molar-refractivity contribution in [2.45, 2.75) is 24.7 Å². The van der Waals surface area contributed by atoms with E-state index < -0.39 is 5.41 Å². The van der Waals surface area contributed by atoms with Crippen LogP contribution in [0.5, 0.6) is 11.5 Å². The summed E-state index contributed by atoms with van der Waals surface area (Å²) >= 11 is 0. The van der Waals surface area contributed by atoms with Crippen LogP contribution in [0.25, 0.3) is 33.4 Å². The summed E-state index contributed by atoms with van der Waals surface area (Å²) in [7, 11) is 0. The Morgan fingerprint density at radius 2 is 0.800 bits per heavy atom. The van der Waals surface area contributed by atoms with Crippen molar-refractivity contribution in [3.05, 3.63) is 258 Å². The highest BCUT2D eigenvalue weighted by Crippen LogP contribution is 2.56. The predicted molar refractivity (Wildman–Crippen MR) is 248 cm³/mol. The number of anilines is 3. The van der Waals surface area contributed by atoms with Gasteiger partial charge in [-0.25, -0.2) is 0 Å². The van der Waals surface area contributed by atoms with E-state index in [9.17, 15) is 0 Å². The van der Waals surface area contributed by atoms with Crippen LogP contribution in [-0.4, -0.2) is 0 Å². The van der Waals surface area contributed by atoms with E-state index in [1.54, 1.807) is 0 Å². The predicted octanol–water partition coefficient (Wildman–Crippen LogP) is 15.3. The second kappa shape index (κ2) is 14.1. The summed E-state index contributed by atoms with van der Waals surface area (Å²) in [6.45, 7) is 4.56. The molecule has 11 rings (SSSR count). The summed E-state index contributed by atoms with van der Waals surface area (Å²) in [5.74, 6) is 1.84. The zero-order valence-electron chi connectivity index (χ0n) is 33.7. The van der Waals surface area contributed by atoms with E-state index in [-0.39, 0.29) is 5.41 Å². The van der Waals surface area contributed by atoms with Gasteiger partial charge in [0.1, 0.15) is 11.5 Å². The molecule has 2 aliphatic rings. The summed E-state index contributed by atoms with van der Waals surface area (Å²) in [4.78, 5) is 2.36. The second-order valence-electron chi connectivity index (χ2n) is 16.5. The number of nitrogens with zero attached hydrogens (tertiary/aromatic N) is 1. The van der Waals surface area contributed by atoms with E-state index in [0.29, 0.717) is 0 Å². The maximum atomic E-state index is 6.54. The lowest BCUT2D eigenvalue weighted by atomic mass is 9.67. The SMILES string of the molecule is CC1(C)c2ccccc2Oc2cc(-c3cccc(N(c4ccccc4)c4cccc(-c5cccc(C6(c7ccccc7)c7ccccc7-c7ccccc76)c5)c4)c3)ccc21. The fourth-order valence-corrected chi connectivity index (χ4v) is 9.96. The minimum Gasteiger partial charge on any atom is -0.457 e. The molecule has 286 valence electrons. The van der Waals surface area contributed by atoms with E-state index in [0.717, 1.165) is 45.3 Å². The van der Waals surface area contributed by atoms with Crippen LogP contribution in [0.3, 0.4) is 0 Å². The first-order valence-corrected chi connectivity index (χ1v) is 20.8. The molecule has 0 atom stereocenters. The van der Waals surface area contributed by atoms with Gasteiger partial charge in [0.05, 0.1) is 5.41 Å². The van der Waals surface area contributed by atoms with Crippen LogP contribution >= 0.6 is 0 Å². The highest BCUT2D eigenvalue weighted by Gasteiger charge is 2.46. The Bertz CT molecular complexity index is 3010. The number of benzene rings is 9. The largest absolute Gasteiger partial charge is 0.457 e. The Morgan fingerprint density at radius 3 is 1.45 bits per heavy atom. The molecule has 0 unspecified atom stereocenters. The number of ether oxygens (including phenoxy) is 1. The molecular formula is C58H43NO. The lowest BCUT2D eigenvalue weighted by Gasteiger charge is -2.34. The van der Waals surface area contributed by atoms with Gasteiger partial charge in [-0.05, 0) is 110 Å². The van der Waals surface area contributed by atoms with Gasteiger partial charge < -0.3 is 9.64 Å².